The normalized spacial score (nSPS) is 14.6. The molecule has 1 aliphatic rings. The number of nitrogens with two attached hydrogens (primary N) is 1. The average molecular weight is 328 g/mol. The Hall–Kier alpha value is -0.740. The molecule has 1 aliphatic heterocycles. The van der Waals surface area contributed by atoms with Gasteiger partial charge in [0, 0.05) is 16.5 Å². The highest BCUT2D eigenvalue weighted by Gasteiger charge is 2.22. The maximum absolute atomic E-state index is 5.94. The Labute approximate surface area is 123 Å². The summed E-state index contributed by atoms with van der Waals surface area (Å²) >= 11 is 3.67. The SMILES string of the molecule is CC(C)c1c(CCCN)c(Br)cc2c1OCCCO2. The molecular weight excluding hydrogens is 306 g/mol. The van der Waals surface area contributed by atoms with Gasteiger partial charge in [0.25, 0.3) is 0 Å². The third-order valence-corrected chi connectivity index (χ3v) is 4.05. The number of hydrogen-bond donors (Lipinski definition) is 1. The van der Waals surface area contributed by atoms with E-state index in [0.29, 0.717) is 12.5 Å². The van der Waals surface area contributed by atoms with Crippen LogP contribution in [-0.2, 0) is 6.42 Å². The molecule has 1 heterocycles. The first-order valence-corrected chi connectivity index (χ1v) is 7.75. The van der Waals surface area contributed by atoms with Crippen LogP contribution in [-0.4, -0.2) is 19.8 Å². The minimum absolute atomic E-state index is 0.403. The van der Waals surface area contributed by atoms with Gasteiger partial charge in [0.2, 0.25) is 0 Å². The number of halogens is 1. The molecule has 0 amide bonds. The summed E-state index contributed by atoms with van der Waals surface area (Å²) in [7, 11) is 0. The number of benzene rings is 1. The second-order valence-electron chi connectivity index (χ2n) is 5.18. The highest BCUT2D eigenvalue weighted by Crippen LogP contribution is 2.43. The molecule has 1 aromatic carbocycles. The van der Waals surface area contributed by atoms with Crippen molar-refractivity contribution in [3.8, 4) is 11.5 Å². The molecule has 2 rings (SSSR count). The number of rotatable bonds is 4. The Balaban J connectivity index is 2.50. The van der Waals surface area contributed by atoms with Crippen molar-refractivity contribution in [2.45, 2.75) is 39.0 Å². The lowest BCUT2D eigenvalue weighted by Gasteiger charge is -2.21. The fourth-order valence-electron chi connectivity index (χ4n) is 2.48. The maximum atomic E-state index is 5.94. The molecule has 19 heavy (non-hydrogen) atoms. The summed E-state index contributed by atoms with van der Waals surface area (Å²) in [6.07, 6.45) is 2.89. The van der Waals surface area contributed by atoms with Crippen LogP contribution in [0.4, 0.5) is 0 Å². The molecule has 0 bridgehead atoms. The molecule has 0 spiro atoms. The quantitative estimate of drug-likeness (QED) is 0.918. The van der Waals surface area contributed by atoms with Crippen molar-refractivity contribution in [3.05, 3.63) is 21.7 Å². The molecule has 0 saturated carbocycles. The van der Waals surface area contributed by atoms with E-state index in [2.05, 4.69) is 29.8 Å². The standard InChI is InChI=1S/C15H22BrNO2/c1-10(2)14-11(5-3-6-17)12(16)9-13-15(14)19-8-4-7-18-13/h9-10H,3-8,17H2,1-2H3. The highest BCUT2D eigenvalue weighted by atomic mass is 79.9. The van der Waals surface area contributed by atoms with E-state index in [1.807, 2.05) is 6.07 Å². The third-order valence-electron chi connectivity index (χ3n) is 3.34. The molecule has 0 aliphatic carbocycles. The molecular formula is C15H22BrNO2. The Morgan fingerprint density at radius 3 is 2.74 bits per heavy atom. The minimum Gasteiger partial charge on any atom is -0.490 e. The van der Waals surface area contributed by atoms with Crippen molar-refractivity contribution < 1.29 is 9.47 Å². The second-order valence-corrected chi connectivity index (χ2v) is 6.03. The molecule has 1 aromatic rings. The predicted octanol–water partition coefficient (Wildman–Crippen LogP) is 3.63. The van der Waals surface area contributed by atoms with E-state index in [1.165, 1.54) is 11.1 Å². The summed E-state index contributed by atoms with van der Waals surface area (Å²) in [5.74, 6) is 2.20. The van der Waals surface area contributed by atoms with Gasteiger partial charge in [-0.2, -0.15) is 0 Å². The zero-order chi connectivity index (χ0) is 13.8. The van der Waals surface area contributed by atoms with Crippen molar-refractivity contribution in [2.24, 2.45) is 5.73 Å². The third kappa shape index (κ3) is 3.23. The Bertz CT molecular complexity index is 446. The van der Waals surface area contributed by atoms with E-state index < -0.39 is 0 Å². The number of fused-ring (bicyclic) bond motifs is 1. The van der Waals surface area contributed by atoms with E-state index in [0.717, 1.165) is 48.4 Å². The summed E-state index contributed by atoms with van der Waals surface area (Å²) in [6, 6.07) is 2.04. The molecule has 4 heteroatoms. The largest absolute Gasteiger partial charge is 0.490 e. The van der Waals surface area contributed by atoms with E-state index >= 15 is 0 Å². The fourth-order valence-corrected chi connectivity index (χ4v) is 3.10. The first kappa shape index (κ1) is 14.7. The number of ether oxygens (including phenoxy) is 2. The first-order chi connectivity index (χ1) is 9.15. The summed E-state index contributed by atoms with van der Waals surface area (Å²) in [5.41, 5.74) is 8.22. The van der Waals surface area contributed by atoms with Crippen molar-refractivity contribution >= 4 is 15.9 Å². The van der Waals surface area contributed by atoms with E-state index in [9.17, 15) is 0 Å². The molecule has 0 saturated heterocycles. The maximum Gasteiger partial charge on any atom is 0.164 e. The van der Waals surface area contributed by atoms with Crippen LogP contribution in [0.2, 0.25) is 0 Å². The van der Waals surface area contributed by atoms with E-state index in [1.54, 1.807) is 0 Å². The summed E-state index contributed by atoms with van der Waals surface area (Å²) in [4.78, 5) is 0. The van der Waals surface area contributed by atoms with Crippen molar-refractivity contribution in [2.75, 3.05) is 19.8 Å². The van der Waals surface area contributed by atoms with Gasteiger partial charge in [0.05, 0.1) is 13.2 Å². The second kappa shape index (κ2) is 6.62. The van der Waals surface area contributed by atoms with Gasteiger partial charge in [-0.1, -0.05) is 29.8 Å². The molecule has 106 valence electrons. The molecule has 0 fully saturated rings. The van der Waals surface area contributed by atoms with Crippen molar-refractivity contribution in [1.82, 2.24) is 0 Å². The van der Waals surface area contributed by atoms with Crippen LogP contribution < -0.4 is 15.2 Å². The van der Waals surface area contributed by atoms with Crippen LogP contribution in [0.3, 0.4) is 0 Å². The van der Waals surface area contributed by atoms with E-state index in [-0.39, 0.29) is 0 Å². The number of hydrogen-bond acceptors (Lipinski definition) is 3. The first-order valence-electron chi connectivity index (χ1n) is 6.96. The van der Waals surface area contributed by atoms with Crippen molar-refractivity contribution in [3.63, 3.8) is 0 Å². The van der Waals surface area contributed by atoms with Gasteiger partial charge in [-0.25, -0.2) is 0 Å². The molecule has 0 atom stereocenters. The van der Waals surface area contributed by atoms with E-state index in [4.69, 9.17) is 15.2 Å². The van der Waals surface area contributed by atoms with Gasteiger partial charge in [-0.05, 0) is 36.9 Å². The van der Waals surface area contributed by atoms with Gasteiger partial charge in [0.15, 0.2) is 11.5 Å². The van der Waals surface area contributed by atoms with Crippen LogP contribution in [0.5, 0.6) is 11.5 Å². The summed E-state index contributed by atoms with van der Waals surface area (Å²) in [6.45, 7) is 6.55. The average Bonchev–Trinajstić information content (AvgIpc) is 2.60. The Kier molecular flexibility index (Phi) is 5.11. The van der Waals surface area contributed by atoms with Gasteiger partial charge < -0.3 is 15.2 Å². The Morgan fingerprint density at radius 1 is 1.32 bits per heavy atom. The van der Waals surface area contributed by atoms with Gasteiger partial charge in [-0.15, -0.1) is 0 Å². The smallest absolute Gasteiger partial charge is 0.164 e. The van der Waals surface area contributed by atoms with Crippen molar-refractivity contribution in [1.29, 1.82) is 0 Å². The minimum atomic E-state index is 0.403. The zero-order valence-electron chi connectivity index (χ0n) is 11.7. The van der Waals surface area contributed by atoms with Crippen LogP contribution in [0.25, 0.3) is 0 Å². The van der Waals surface area contributed by atoms with Crippen LogP contribution in [0.15, 0.2) is 10.5 Å². The topological polar surface area (TPSA) is 44.5 Å². The van der Waals surface area contributed by atoms with Crippen LogP contribution in [0, 0.1) is 0 Å². The molecule has 0 aromatic heterocycles. The lowest BCUT2D eigenvalue weighted by Crippen LogP contribution is -2.07. The molecule has 3 nitrogen and oxygen atoms in total. The van der Waals surface area contributed by atoms with Gasteiger partial charge in [-0.3, -0.25) is 0 Å². The molecule has 2 N–H and O–H groups in total. The lowest BCUT2D eigenvalue weighted by molar-refractivity contribution is 0.295. The summed E-state index contributed by atoms with van der Waals surface area (Å²) in [5, 5.41) is 0. The highest BCUT2D eigenvalue weighted by molar-refractivity contribution is 9.10. The monoisotopic (exact) mass is 327 g/mol. The van der Waals surface area contributed by atoms with Crippen LogP contribution >= 0.6 is 15.9 Å². The Morgan fingerprint density at radius 2 is 2.05 bits per heavy atom. The van der Waals surface area contributed by atoms with Crippen LogP contribution in [0.1, 0.15) is 43.7 Å². The summed E-state index contributed by atoms with van der Waals surface area (Å²) < 4.78 is 12.8. The van der Waals surface area contributed by atoms with Gasteiger partial charge in [0.1, 0.15) is 0 Å². The molecule has 0 radical (unpaired) electrons. The molecule has 0 unspecified atom stereocenters. The lowest BCUT2D eigenvalue weighted by atomic mass is 9.93. The predicted molar refractivity (Wildman–Crippen MR) is 81.2 cm³/mol. The fraction of sp³-hybridized carbons (Fsp3) is 0.600. The van der Waals surface area contributed by atoms with Gasteiger partial charge >= 0.3 is 0 Å². The zero-order valence-corrected chi connectivity index (χ0v) is 13.3.